The molecule has 0 fully saturated rings. The van der Waals surface area contributed by atoms with Crippen LogP contribution in [0.1, 0.15) is 37.9 Å². The highest BCUT2D eigenvalue weighted by Gasteiger charge is 2.20. The molecule has 3 N–H and O–H groups in total. The topological polar surface area (TPSA) is 46.2 Å². The van der Waals surface area contributed by atoms with Gasteiger partial charge in [0.2, 0.25) is 0 Å². The lowest BCUT2D eigenvalue weighted by atomic mass is 9.82. The van der Waals surface area contributed by atoms with E-state index in [0.29, 0.717) is 5.02 Å². The van der Waals surface area contributed by atoms with E-state index in [0.717, 1.165) is 11.1 Å². The minimum absolute atomic E-state index is 0.00666. The molecule has 0 aliphatic heterocycles. The van der Waals surface area contributed by atoms with Gasteiger partial charge in [-0.3, -0.25) is 0 Å². The van der Waals surface area contributed by atoms with Crippen molar-refractivity contribution in [2.75, 3.05) is 6.61 Å². The van der Waals surface area contributed by atoms with Crippen molar-refractivity contribution in [3.05, 3.63) is 34.3 Å². The summed E-state index contributed by atoms with van der Waals surface area (Å²) in [6.45, 7) is 6.28. The summed E-state index contributed by atoms with van der Waals surface area (Å²) in [7, 11) is 0. The standard InChI is InChI=1S/C12H18ClNO/c1-12(2,3)10-5-4-8(13)6-9(10)11(14)7-15/h4-6,11,15H,7,14H2,1-3H3. The maximum atomic E-state index is 9.10. The first-order chi connectivity index (χ1) is 6.86. The molecule has 1 rings (SSSR count). The summed E-state index contributed by atoms with van der Waals surface area (Å²) in [6, 6.07) is 5.31. The molecule has 0 saturated heterocycles. The van der Waals surface area contributed by atoms with Gasteiger partial charge in [0.15, 0.2) is 0 Å². The van der Waals surface area contributed by atoms with Gasteiger partial charge < -0.3 is 10.8 Å². The summed E-state index contributed by atoms with van der Waals surface area (Å²) in [6.07, 6.45) is 0. The van der Waals surface area contributed by atoms with E-state index in [1.165, 1.54) is 0 Å². The Kier molecular flexibility index (Phi) is 3.77. The third-order valence-corrected chi connectivity index (χ3v) is 2.65. The number of aliphatic hydroxyl groups is 1. The van der Waals surface area contributed by atoms with E-state index in [2.05, 4.69) is 20.8 Å². The predicted octanol–water partition coefficient (Wildman–Crippen LogP) is 2.63. The Balaban J connectivity index is 3.27. The number of hydrogen-bond acceptors (Lipinski definition) is 2. The van der Waals surface area contributed by atoms with E-state index in [4.69, 9.17) is 22.4 Å². The largest absolute Gasteiger partial charge is 0.394 e. The van der Waals surface area contributed by atoms with Crippen molar-refractivity contribution in [3.63, 3.8) is 0 Å². The Morgan fingerprint density at radius 2 is 2.00 bits per heavy atom. The summed E-state index contributed by atoms with van der Waals surface area (Å²) in [5.74, 6) is 0. The molecule has 0 aliphatic rings. The molecule has 1 atom stereocenters. The van der Waals surface area contributed by atoms with Crippen molar-refractivity contribution in [2.45, 2.75) is 32.2 Å². The Morgan fingerprint density at radius 1 is 1.40 bits per heavy atom. The van der Waals surface area contributed by atoms with Crippen LogP contribution in [0.5, 0.6) is 0 Å². The fraction of sp³-hybridized carbons (Fsp3) is 0.500. The van der Waals surface area contributed by atoms with Gasteiger partial charge in [0.05, 0.1) is 12.6 Å². The molecule has 0 aromatic heterocycles. The molecule has 0 heterocycles. The average molecular weight is 228 g/mol. The summed E-state index contributed by atoms with van der Waals surface area (Å²) >= 11 is 5.93. The molecule has 84 valence electrons. The van der Waals surface area contributed by atoms with Gasteiger partial charge in [-0.25, -0.2) is 0 Å². The zero-order chi connectivity index (χ0) is 11.6. The normalized spacial score (nSPS) is 14.0. The van der Waals surface area contributed by atoms with E-state index in [1.807, 2.05) is 18.2 Å². The SMILES string of the molecule is CC(C)(C)c1ccc(Cl)cc1C(N)CO. The van der Waals surface area contributed by atoms with Crippen LogP contribution in [0.4, 0.5) is 0 Å². The quantitative estimate of drug-likeness (QED) is 0.816. The molecule has 1 unspecified atom stereocenters. The number of halogens is 1. The molecule has 0 aliphatic carbocycles. The Hall–Kier alpha value is -0.570. The first-order valence-electron chi connectivity index (χ1n) is 5.02. The zero-order valence-electron chi connectivity index (χ0n) is 9.42. The van der Waals surface area contributed by atoms with Crippen molar-refractivity contribution in [1.82, 2.24) is 0 Å². The second kappa shape index (κ2) is 4.52. The monoisotopic (exact) mass is 227 g/mol. The number of rotatable bonds is 2. The van der Waals surface area contributed by atoms with Crippen LogP contribution in [0.2, 0.25) is 5.02 Å². The minimum Gasteiger partial charge on any atom is -0.394 e. The first-order valence-corrected chi connectivity index (χ1v) is 5.40. The predicted molar refractivity (Wildman–Crippen MR) is 64.2 cm³/mol. The van der Waals surface area contributed by atoms with Gasteiger partial charge in [0, 0.05) is 5.02 Å². The maximum Gasteiger partial charge on any atom is 0.0624 e. The molecular formula is C12H18ClNO. The molecule has 0 bridgehead atoms. The highest BCUT2D eigenvalue weighted by molar-refractivity contribution is 6.30. The Labute approximate surface area is 96.1 Å². The highest BCUT2D eigenvalue weighted by Crippen LogP contribution is 2.30. The maximum absolute atomic E-state index is 9.10. The molecule has 1 aromatic rings. The first kappa shape index (κ1) is 12.5. The fourth-order valence-electron chi connectivity index (χ4n) is 1.62. The third-order valence-electron chi connectivity index (χ3n) is 2.42. The van der Waals surface area contributed by atoms with Gasteiger partial charge in [0.1, 0.15) is 0 Å². The molecule has 15 heavy (non-hydrogen) atoms. The molecular weight excluding hydrogens is 210 g/mol. The average Bonchev–Trinajstić information content (AvgIpc) is 2.14. The number of hydrogen-bond donors (Lipinski definition) is 2. The highest BCUT2D eigenvalue weighted by atomic mass is 35.5. The smallest absolute Gasteiger partial charge is 0.0624 e. The van der Waals surface area contributed by atoms with Crippen molar-refractivity contribution in [1.29, 1.82) is 0 Å². The van der Waals surface area contributed by atoms with E-state index in [1.54, 1.807) is 0 Å². The lowest BCUT2D eigenvalue weighted by Crippen LogP contribution is -2.22. The van der Waals surface area contributed by atoms with Crippen LogP contribution in [0.15, 0.2) is 18.2 Å². The molecule has 2 nitrogen and oxygen atoms in total. The second-order valence-corrected chi connectivity index (χ2v) is 5.21. The second-order valence-electron chi connectivity index (χ2n) is 4.77. The number of aliphatic hydroxyl groups excluding tert-OH is 1. The minimum atomic E-state index is -0.363. The zero-order valence-corrected chi connectivity index (χ0v) is 10.2. The van der Waals surface area contributed by atoms with E-state index in [-0.39, 0.29) is 18.1 Å². The van der Waals surface area contributed by atoms with Crippen LogP contribution in [0, 0.1) is 0 Å². The van der Waals surface area contributed by atoms with Crippen molar-refractivity contribution >= 4 is 11.6 Å². The summed E-state index contributed by atoms with van der Waals surface area (Å²) in [4.78, 5) is 0. The van der Waals surface area contributed by atoms with E-state index < -0.39 is 0 Å². The molecule has 0 spiro atoms. The van der Waals surface area contributed by atoms with Crippen LogP contribution in [0.25, 0.3) is 0 Å². The number of benzene rings is 1. The molecule has 0 radical (unpaired) electrons. The van der Waals surface area contributed by atoms with Crippen molar-refractivity contribution < 1.29 is 5.11 Å². The number of nitrogens with two attached hydrogens (primary N) is 1. The van der Waals surface area contributed by atoms with E-state index >= 15 is 0 Å². The van der Waals surface area contributed by atoms with Crippen LogP contribution in [-0.4, -0.2) is 11.7 Å². The third kappa shape index (κ3) is 2.94. The lowest BCUT2D eigenvalue weighted by molar-refractivity contribution is 0.266. The Morgan fingerprint density at radius 3 is 2.47 bits per heavy atom. The van der Waals surface area contributed by atoms with Gasteiger partial charge in [-0.2, -0.15) is 0 Å². The van der Waals surface area contributed by atoms with Gasteiger partial charge in [-0.15, -0.1) is 0 Å². The summed E-state index contributed by atoms with van der Waals surface area (Å²) in [5, 5.41) is 9.76. The van der Waals surface area contributed by atoms with Crippen LogP contribution < -0.4 is 5.73 Å². The van der Waals surface area contributed by atoms with Gasteiger partial charge >= 0.3 is 0 Å². The molecule has 0 amide bonds. The van der Waals surface area contributed by atoms with Crippen LogP contribution in [0.3, 0.4) is 0 Å². The molecule has 1 aromatic carbocycles. The van der Waals surface area contributed by atoms with Crippen LogP contribution in [-0.2, 0) is 5.41 Å². The van der Waals surface area contributed by atoms with Gasteiger partial charge in [-0.1, -0.05) is 38.4 Å². The van der Waals surface area contributed by atoms with Crippen molar-refractivity contribution in [2.24, 2.45) is 5.73 Å². The fourth-order valence-corrected chi connectivity index (χ4v) is 1.80. The molecule has 3 heteroatoms. The summed E-state index contributed by atoms with van der Waals surface area (Å²) < 4.78 is 0. The van der Waals surface area contributed by atoms with Gasteiger partial charge in [-0.05, 0) is 28.7 Å². The van der Waals surface area contributed by atoms with Crippen LogP contribution >= 0.6 is 11.6 Å². The van der Waals surface area contributed by atoms with E-state index in [9.17, 15) is 0 Å². The molecule has 0 saturated carbocycles. The summed E-state index contributed by atoms with van der Waals surface area (Å²) in [5.41, 5.74) is 7.92. The lowest BCUT2D eigenvalue weighted by Gasteiger charge is -2.25. The Bertz CT molecular complexity index is 344. The van der Waals surface area contributed by atoms with Crippen molar-refractivity contribution in [3.8, 4) is 0 Å². The van der Waals surface area contributed by atoms with Gasteiger partial charge in [0.25, 0.3) is 0 Å².